The summed E-state index contributed by atoms with van der Waals surface area (Å²) in [6.45, 7) is 19.0. The highest BCUT2D eigenvalue weighted by Crippen LogP contribution is 2.31. The van der Waals surface area contributed by atoms with E-state index < -0.39 is 0 Å². The summed E-state index contributed by atoms with van der Waals surface area (Å²) in [4.78, 5) is 25.7. The molecule has 4 heterocycles. The summed E-state index contributed by atoms with van der Waals surface area (Å²) in [5.41, 5.74) is 8.16. The molecule has 0 radical (unpaired) electrons. The van der Waals surface area contributed by atoms with Crippen LogP contribution in [0.4, 0.5) is 5.82 Å². The SMILES string of the molecule is C=Cc1c(C=C)c(=C)[nH]c1=C.CC1=NC(=NC2=N/C(=N\c3[nH]c(C)c4ccccc34)c3ccccc32)c2ccccc21. The van der Waals surface area contributed by atoms with Gasteiger partial charge < -0.3 is 9.97 Å². The zero-order valence-electron chi connectivity index (χ0n) is 23.7. The van der Waals surface area contributed by atoms with Gasteiger partial charge in [-0.2, -0.15) is 0 Å². The molecule has 2 N–H and O–H groups in total. The van der Waals surface area contributed by atoms with Gasteiger partial charge >= 0.3 is 0 Å². The van der Waals surface area contributed by atoms with E-state index in [9.17, 15) is 0 Å². The van der Waals surface area contributed by atoms with Crippen LogP contribution in [-0.4, -0.2) is 33.2 Å². The maximum absolute atomic E-state index is 4.90. The van der Waals surface area contributed by atoms with Crippen LogP contribution in [0, 0.1) is 6.92 Å². The van der Waals surface area contributed by atoms with Gasteiger partial charge in [-0.05, 0) is 13.8 Å². The second-order valence-corrected chi connectivity index (χ2v) is 10.1. The summed E-state index contributed by atoms with van der Waals surface area (Å²) >= 11 is 0. The fraction of sp³-hybridized carbons (Fsp3) is 0.0556. The first kappa shape index (κ1) is 26.6. The van der Waals surface area contributed by atoms with Crippen molar-refractivity contribution in [3.63, 3.8) is 0 Å². The van der Waals surface area contributed by atoms with Gasteiger partial charge in [-0.1, -0.05) is 111 Å². The minimum Gasteiger partial charge on any atom is -0.355 e. The molecule has 7 rings (SSSR count). The second-order valence-electron chi connectivity index (χ2n) is 10.1. The number of nitrogens with zero attached hydrogens (tertiary/aromatic N) is 4. The highest BCUT2D eigenvalue weighted by atomic mass is 15.1. The third-order valence-corrected chi connectivity index (χ3v) is 7.42. The molecule has 0 fully saturated rings. The number of hydrogen-bond acceptors (Lipinski definition) is 2. The van der Waals surface area contributed by atoms with Gasteiger partial charge in [0.05, 0.1) is 0 Å². The summed E-state index contributed by atoms with van der Waals surface area (Å²) in [5, 5.41) is 3.95. The molecule has 0 bridgehead atoms. The van der Waals surface area contributed by atoms with E-state index in [1.165, 1.54) is 5.39 Å². The van der Waals surface area contributed by atoms with Crippen LogP contribution in [-0.2, 0) is 0 Å². The molecule has 0 aliphatic carbocycles. The third-order valence-electron chi connectivity index (χ3n) is 7.42. The van der Waals surface area contributed by atoms with Gasteiger partial charge in [0.1, 0.15) is 5.82 Å². The first-order valence-electron chi connectivity index (χ1n) is 13.6. The van der Waals surface area contributed by atoms with Crippen LogP contribution in [0.15, 0.2) is 106 Å². The van der Waals surface area contributed by atoms with E-state index in [1.54, 1.807) is 12.2 Å². The molecule has 0 amide bonds. The molecule has 0 saturated heterocycles. The van der Waals surface area contributed by atoms with Crippen molar-refractivity contribution in [2.45, 2.75) is 13.8 Å². The Morgan fingerprint density at radius 3 is 1.79 bits per heavy atom. The van der Waals surface area contributed by atoms with Gasteiger partial charge in [0, 0.05) is 66.3 Å². The minimum atomic E-state index is 0.644. The zero-order chi connectivity index (χ0) is 29.4. The fourth-order valence-corrected chi connectivity index (χ4v) is 5.35. The number of nitrogens with one attached hydrogen (secondary N) is 2. The molecule has 0 saturated carbocycles. The normalized spacial score (nSPS) is 15.2. The van der Waals surface area contributed by atoms with Crippen LogP contribution in [0.5, 0.6) is 0 Å². The first-order valence-corrected chi connectivity index (χ1v) is 13.6. The Labute approximate surface area is 244 Å². The molecule has 42 heavy (non-hydrogen) atoms. The Morgan fingerprint density at radius 2 is 1.14 bits per heavy atom. The molecule has 2 aromatic heterocycles. The first-order chi connectivity index (χ1) is 20.4. The average Bonchev–Trinajstić information content (AvgIpc) is 3.71. The Balaban J connectivity index is 0.000000244. The van der Waals surface area contributed by atoms with Crippen molar-refractivity contribution in [2.24, 2.45) is 20.0 Å². The van der Waals surface area contributed by atoms with Gasteiger partial charge in [-0.3, -0.25) is 0 Å². The highest BCUT2D eigenvalue weighted by molar-refractivity contribution is 6.29. The van der Waals surface area contributed by atoms with Gasteiger partial charge in [0.25, 0.3) is 0 Å². The Bertz CT molecular complexity index is 2090. The van der Waals surface area contributed by atoms with Crippen LogP contribution in [0.3, 0.4) is 0 Å². The minimum absolute atomic E-state index is 0.644. The van der Waals surface area contributed by atoms with Crippen LogP contribution in [0.25, 0.3) is 36.1 Å². The van der Waals surface area contributed by atoms with Gasteiger partial charge in [0.2, 0.25) is 0 Å². The molecule has 3 aromatic carbocycles. The molecule has 2 aliphatic rings. The quantitative estimate of drug-likeness (QED) is 0.252. The zero-order valence-corrected chi connectivity index (χ0v) is 23.7. The highest BCUT2D eigenvalue weighted by Gasteiger charge is 2.24. The molecular weight excluding hydrogens is 516 g/mol. The van der Waals surface area contributed by atoms with E-state index in [0.29, 0.717) is 17.5 Å². The number of amidine groups is 3. The van der Waals surface area contributed by atoms with E-state index in [4.69, 9.17) is 15.0 Å². The Kier molecular flexibility index (Phi) is 6.80. The number of aromatic nitrogens is 2. The van der Waals surface area contributed by atoms with Gasteiger partial charge in [0.15, 0.2) is 17.5 Å². The lowest BCUT2D eigenvalue weighted by atomic mass is 10.1. The fourth-order valence-electron chi connectivity index (χ4n) is 5.35. The lowest BCUT2D eigenvalue weighted by Gasteiger charge is -2.00. The monoisotopic (exact) mass is 546 g/mol. The van der Waals surface area contributed by atoms with Crippen LogP contribution >= 0.6 is 0 Å². The van der Waals surface area contributed by atoms with Crippen molar-refractivity contribution in [1.82, 2.24) is 9.97 Å². The number of aromatic amines is 2. The van der Waals surface area contributed by atoms with Crippen molar-refractivity contribution in [3.8, 4) is 0 Å². The number of aliphatic imine (C=N–C) groups is 4. The van der Waals surface area contributed by atoms with E-state index in [0.717, 1.165) is 66.7 Å². The smallest absolute Gasteiger partial charge is 0.164 e. The number of H-pyrrole nitrogens is 2. The lowest BCUT2D eigenvalue weighted by Crippen LogP contribution is -2.06. The molecule has 0 atom stereocenters. The summed E-state index contributed by atoms with van der Waals surface area (Å²) in [5.74, 6) is 2.82. The number of aryl methyl sites for hydroxylation is 1. The molecular formula is C36H30N6. The van der Waals surface area contributed by atoms with Crippen molar-refractivity contribution >= 4 is 65.1 Å². The lowest BCUT2D eigenvalue weighted by molar-refractivity contribution is 1.25. The number of fused-ring (bicyclic) bond motifs is 3. The average molecular weight is 547 g/mol. The predicted octanol–water partition coefficient (Wildman–Crippen LogP) is 6.71. The molecule has 6 nitrogen and oxygen atoms in total. The van der Waals surface area contributed by atoms with Crippen molar-refractivity contribution in [3.05, 3.63) is 136 Å². The summed E-state index contributed by atoms with van der Waals surface area (Å²) in [6, 6.07) is 24.5. The molecule has 2 aliphatic heterocycles. The van der Waals surface area contributed by atoms with Crippen LogP contribution in [0.2, 0.25) is 0 Å². The van der Waals surface area contributed by atoms with Gasteiger partial charge in [-0.25, -0.2) is 20.0 Å². The van der Waals surface area contributed by atoms with Crippen LogP contribution in [0.1, 0.15) is 46.0 Å². The molecule has 5 aromatic rings. The Morgan fingerprint density at radius 1 is 0.619 bits per heavy atom. The van der Waals surface area contributed by atoms with Crippen molar-refractivity contribution < 1.29 is 0 Å². The van der Waals surface area contributed by atoms with Crippen molar-refractivity contribution in [2.75, 3.05) is 0 Å². The van der Waals surface area contributed by atoms with Crippen LogP contribution < -0.4 is 10.7 Å². The predicted molar refractivity (Wildman–Crippen MR) is 179 cm³/mol. The number of hydrogen-bond donors (Lipinski definition) is 2. The summed E-state index contributed by atoms with van der Waals surface area (Å²) in [7, 11) is 0. The number of benzene rings is 3. The topological polar surface area (TPSA) is 81.0 Å². The van der Waals surface area contributed by atoms with E-state index in [2.05, 4.69) is 72.5 Å². The standard InChI is InChI=1S/C26H19N5.C10H11N/c1-15-17-9-3-5-11-19(17)23(27-15)29-25-21-13-7-8-14-22(21)26(31-25)30-24-20-12-6-4-10-18(20)16(2)28-24;1-5-9-7(3)11-8(4)10(9)6-2/h3-14,27H,1-2H3;5-6,11H,1-4H2/b29-25-,30-24?;. The largest absolute Gasteiger partial charge is 0.355 e. The maximum atomic E-state index is 4.90. The third kappa shape index (κ3) is 4.59. The molecule has 0 unspecified atom stereocenters. The summed E-state index contributed by atoms with van der Waals surface area (Å²) in [6.07, 6.45) is 3.51. The van der Waals surface area contributed by atoms with E-state index in [1.807, 2.05) is 55.5 Å². The van der Waals surface area contributed by atoms with E-state index >= 15 is 0 Å². The second kappa shape index (κ2) is 10.7. The van der Waals surface area contributed by atoms with Crippen molar-refractivity contribution in [1.29, 1.82) is 0 Å². The van der Waals surface area contributed by atoms with Gasteiger partial charge in [-0.15, -0.1) is 0 Å². The Hall–Kier alpha value is -5.62. The molecule has 6 heteroatoms. The molecule has 0 spiro atoms. The summed E-state index contributed by atoms with van der Waals surface area (Å²) < 4.78 is 0. The van der Waals surface area contributed by atoms with E-state index in [-0.39, 0.29) is 0 Å². The molecule has 204 valence electrons. The number of rotatable bonds is 3. The maximum Gasteiger partial charge on any atom is 0.164 e.